The van der Waals surface area contributed by atoms with Gasteiger partial charge in [-0.25, -0.2) is 4.39 Å². The van der Waals surface area contributed by atoms with Crippen LogP contribution in [-0.4, -0.2) is 5.78 Å². The summed E-state index contributed by atoms with van der Waals surface area (Å²) >= 11 is 0. The number of nitrogens with two attached hydrogens (primary N) is 1. The Balaban J connectivity index is 1.97. The van der Waals surface area contributed by atoms with Gasteiger partial charge in [0, 0.05) is 11.1 Å². The first-order valence-electron chi connectivity index (χ1n) is 6.36. The maximum atomic E-state index is 13.1. The van der Waals surface area contributed by atoms with E-state index < -0.39 is 5.82 Å². The number of fused-ring (bicyclic) bond motifs is 1. The van der Waals surface area contributed by atoms with Crippen molar-refractivity contribution in [3.8, 4) is 0 Å². The number of benzene rings is 2. The van der Waals surface area contributed by atoms with Crippen molar-refractivity contribution in [1.82, 2.24) is 0 Å². The van der Waals surface area contributed by atoms with Gasteiger partial charge in [0.25, 0.3) is 0 Å². The zero-order chi connectivity index (χ0) is 13.4. The Kier molecular flexibility index (Phi) is 2.82. The van der Waals surface area contributed by atoms with Gasteiger partial charge >= 0.3 is 0 Å². The summed E-state index contributed by atoms with van der Waals surface area (Å²) in [6.45, 7) is 0. The SMILES string of the molecule is Nc1cc(C(=O)c2ccc3c(c2)CCC3)ccc1F. The topological polar surface area (TPSA) is 43.1 Å². The number of halogens is 1. The molecular weight excluding hydrogens is 241 g/mol. The molecule has 3 rings (SSSR count). The molecule has 3 heteroatoms. The quantitative estimate of drug-likeness (QED) is 0.661. The molecule has 0 spiro atoms. The zero-order valence-corrected chi connectivity index (χ0v) is 10.4. The van der Waals surface area contributed by atoms with Gasteiger partial charge in [-0.2, -0.15) is 0 Å². The second kappa shape index (κ2) is 4.50. The minimum Gasteiger partial charge on any atom is -0.396 e. The second-order valence-corrected chi connectivity index (χ2v) is 4.90. The van der Waals surface area contributed by atoms with E-state index in [1.54, 1.807) is 0 Å². The van der Waals surface area contributed by atoms with Crippen molar-refractivity contribution in [3.05, 3.63) is 64.5 Å². The number of carbonyl (C=O) groups is 1. The maximum Gasteiger partial charge on any atom is 0.193 e. The van der Waals surface area contributed by atoms with Crippen LogP contribution in [0.4, 0.5) is 10.1 Å². The molecule has 0 atom stereocenters. The first-order valence-corrected chi connectivity index (χ1v) is 6.36. The van der Waals surface area contributed by atoms with Crippen LogP contribution in [0.15, 0.2) is 36.4 Å². The summed E-state index contributed by atoms with van der Waals surface area (Å²) in [4.78, 5) is 12.3. The van der Waals surface area contributed by atoms with Crippen LogP contribution in [-0.2, 0) is 12.8 Å². The number of ketones is 1. The lowest BCUT2D eigenvalue weighted by Gasteiger charge is -2.05. The first-order chi connectivity index (χ1) is 9.15. The van der Waals surface area contributed by atoms with E-state index in [0.29, 0.717) is 11.1 Å². The lowest BCUT2D eigenvalue weighted by Crippen LogP contribution is -2.04. The molecule has 1 aliphatic rings. The van der Waals surface area contributed by atoms with Gasteiger partial charge in [0.1, 0.15) is 5.82 Å². The molecule has 0 saturated carbocycles. The Labute approximate surface area is 111 Å². The second-order valence-electron chi connectivity index (χ2n) is 4.90. The molecule has 0 radical (unpaired) electrons. The molecule has 0 amide bonds. The highest BCUT2D eigenvalue weighted by Gasteiger charge is 2.15. The molecule has 2 N–H and O–H groups in total. The van der Waals surface area contributed by atoms with Crippen LogP contribution in [0.1, 0.15) is 33.5 Å². The Bertz CT molecular complexity index is 664. The molecular formula is C16H14FNO. The Morgan fingerprint density at radius 2 is 1.68 bits per heavy atom. The van der Waals surface area contributed by atoms with Crippen LogP contribution in [0.3, 0.4) is 0 Å². The van der Waals surface area contributed by atoms with Crippen LogP contribution in [0.25, 0.3) is 0 Å². The molecule has 0 aliphatic heterocycles. The van der Waals surface area contributed by atoms with E-state index in [0.717, 1.165) is 19.3 Å². The molecule has 0 fully saturated rings. The molecule has 0 bridgehead atoms. The van der Waals surface area contributed by atoms with E-state index in [-0.39, 0.29) is 11.5 Å². The molecule has 0 aromatic heterocycles. The zero-order valence-electron chi connectivity index (χ0n) is 10.4. The van der Waals surface area contributed by atoms with Crippen molar-refractivity contribution in [2.75, 3.05) is 5.73 Å². The van der Waals surface area contributed by atoms with Crippen LogP contribution in [0, 0.1) is 5.82 Å². The standard InChI is InChI=1S/C16H14FNO/c17-14-7-6-13(9-15(14)18)16(19)12-5-4-10-2-1-3-11(10)8-12/h4-9H,1-3,18H2. The summed E-state index contributed by atoms with van der Waals surface area (Å²) in [5.41, 5.74) is 9.16. The van der Waals surface area contributed by atoms with E-state index >= 15 is 0 Å². The highest BCUT2D eigenvalue weighted by molar-refractivity contribution is 6.09. The molecule has 0 unspecified atom stereocenters. The monoisotopic (exact) mass is 255 g/mol. The summed E-state index contributed by atoms with van der Waals surface area (Å²) in [5.74, 6) is -0.605. The summed E-state index contributed by atoms with van der Waals surface area (Å²) < 4.78 is 13.1. The lowest BCUT2D eigenvalue weighted by molar-refractivity contribution is 0.103. The molecule has 96 valence electrons. The third-order valence-corrected chi connectivity index (χ3v) is 3.62. The van der Waals surface area contributed by atoms with Gasteiger partial charge < -0.3 is 5.73 Å². The van der Waals surface area contributed by atoms with E-state index in [4.69, 9.17) is 5.73 Å². The van der Waals surface area contributed by atoms with E-state index in [9.17, 15) is 9.18 Å². The molecule has 2 aromatic rings. The molecule has 2 aromatic carbocycles. The number of rotatable bonds is 2. The Hall–Kier alpha value is -2.16. The van der Waals surface area contributed by atoms with Gasteiger partial charge in [0.15, 0.2) is 5.78 Å². The van der Waals surface area contributed by atoms with Gasteiger partial charge in [-0.1, -0.05) is 12.1 Å². The number of anilines is 1. The fourth-order valence-electron chi connectivity index (χ4n) is 2.56. The van der Waals surface area contributed by atoms with Crippen molar-refractivity contribution in [2.24, 2.45) is 0 Å². The number of hydrogen-bond donors (Lipinski definition) is 1. The largest absolute Gasteiger partial charge is 0.396 e. The predicted molar refractivity (Wildman–Crippen MR) is 72.7 cm³/mol. The van der Waals surface area contributed by atoms with Gasteiger partial charge in [-0.3, -0.25) is 4.79 Å². The fourth-order valence-corrected chi connectivity index (χ4v) is 2.56. The molecule has 1 aliphatic carbocycles. The number of carbonyl (C=O) groups excluding carboxylic acids is 1. The van der Waals surface area contributed by atoms with E-state index in [2.05, 4.69) is 0 Å². The number of aryl methyl sites for hydroxylation is 2. The van der Waals surface area contributed by atoms with Crippen molar-refractivity contribution >= 4 is 11.5 Å². The average molecular weight is 255 g/mol. The highest BCUT2D eigenvalue weighted by atomic mass is 19.1. The number of nitrogen functional groups attached to an aromatic ring is 1. The third-order valence-electron chi connectivity index (χ3n) is 3.62. The minimum atomic E-state index is -0.495. The minimum absolute atomic E-state index is 0.00649. The smallest absolute Gasteiger partial charge is 0.193 e. The van der Waals surface area contributed by atoms with Crippen LogP contribution >= 0.6 is 0 Å². The van der Waals surface area contributed by atoms with Crippen LogP contribution in [0.5, 0.6) is 0 Å². The van der Waals surface area contributed by atoms with Gasteiger partial charge in [0.05, 0.1) is 5.69 Å². The highest BCUT2D eigenvalue weighted by Crippen LogP contribution is 2.24. The predicted octanol–water partition coefficient (Wildman–Crippen LogP) is 3.13. The normalized spacial score (nSPS) is 13.3. The summed E-state index contributed by atoms with van der Waals surface area (Å²) in [5, 5.41) is 0. The summed E-state index contributed by atoms with van der Waals surface area (Å²) in [6, 6.07) is 9.90. The van der Waals surface area contributed by atoms with Crippen LogP contribution in [0.2, 0.25) is 0 Å². The molecule has 0 heterocycles. The fraction of sp³-hybridized carbons (Fsp3) is 0.188. The van der Waals surface area contributed by atoms with Crippen molar-refractivity contribution in [3.63, 3.8) is 0 Å². The maximum absolute atomic E-state index is 13.1. The Morgan fingerprint density at radius 1 is 1.00 bits per heavy atom. The van der Waals surface area contributed by atoms with Gasteiger partial charge in [0.2, 0.25) is 0 Å². The van der Waals surface area contributed by atoms with Crippen molar-refractivity contribution in [2.45, 2.75) is 19.3 Å². The Morgan fingerprint density at radius 3 is 2.47 bits per heavy atom. The van der Waals surface area contributed by atoms with E-state index in [1.807, 2.05) is 18.2 Å². The van der Waals surface area contributed by atoms with E-state index in [1.165, 1.54) is 29.3 Å². The molecule has 19 heavy (non-hydrogen) atoms. The van der Waals surface area contributed by atoms with Crippen molar-refractivity contribution < 1.29 is 9.18 Å². The summed E-state index contributed by atoms with van der Waals surface area (Å²) in [6.07, 6.45) is 3.27. The molecule has 0 saturated heterocycles. The number of hydrogen-bond acceptors (Lipinski definition) is 2. The lowest BCUT2D eigenvalue weighted by atomic mass is 9.99. The van der Waals surface area contributed by atoms with Crippen LogP contribution < -0.4 is 5.73 Å². The van der Waals surface area contributed by atoms with Gasteiger partial charge in [-0.15, -0.1) is 0 Å². The van der Waals surface area contributed by atoms with Gasteiger partial charge in [-0.05, 0) is 54.7 Å². The first kappa shape index (κ1) is 11.9. The average Bonchev–Trinajstić information content (AvgIpc) is 2.88. The summed E-state index contributed by atoms with van der Waals surface area (Å²) in [7, 11) is 0. The van der Waals surface area contributed by atoms with Crippen molar-refractivity contribution in [1.29, 1.82) is 0 Å². The molecule has 2 nitrogen and oxygen atoms in total. The third kappa shape index (κ3) is 2.12.